The maximum atomic E-state index is 2.17. The predicted octanol–water partition coefficient (Wildman–Crippen LogP) is 3.99. The zero-order valence-electron chi connectivity index (χ0n) is 9.60. The molecule has 0 nitrogen and oxygen atoms in total. The molecule has 0 aliphatic heterocycles. The van der Waals surface area contributed by atoms with E-state index in [4.69, 9.17) is 0 Å². The Hall–Kier alpha value is -0.677. The van der Waals surface area contributed by atoms with E-state index in [0.29, 0.717) is 0 Å². The normalized spacial score (nSPS) is 8.73. The summed E-state index contributed by atoms with van der Waals surface area (Å²) in [6, 6.07) is 14.8. The molecule has 2 aromatic carbocycles. The van der Waals surface area contributed by atoms with Gasteiger partial charge in [-0.2, -0.15) is 35.4 Å². The minimum absolute atomic E-state index is 0. The van der Waals surface area contributed by atoms with Crippen molar-refractivity contribution in [2.45, 2.75) is 27.2 Å². The van der Waals surface area contributed by atoms with Crippen LogP contribution in [0.2, 0.25) is 0 Å². The SMILES string of the molecule is CCc1ccc[cH-]1.Cc1cc[c-](C)c1.[Ru+2]. The van der Waals surface area contributed by atoms with Gasteiger partial charge in [-0.1, -0.05) is 27.2 Å². The molecule has 0 radical (unpaired) electrons. The van der Waals surface area contributed by atoms with E-state index in [1.165, 1.54) is 16.7 Å². The van der Waals surface area contributed by atoms with E-state index in [1.54, 1.807) is 0 Å². The van der Waals surface area contributed by atoms with E-state index in [9.17, 15) is 0 Å². The minimum atomic E-state index is 0. The summed E-state index contributed by atoms with van der Waals surface area (Å²) in [5.74, 6) is 0. The fraction of sp³-hybridized carbons (Fsp3) is 0.286. The first kappa shape index (κ1) is 14.3. The first-order chi connectivity index (χ1) is 6.72. The smallest absolute Gasteiger partial charge is 0.213 e. The van der Waals surface area contributed by atoms with Crippen molar-refractivity contribution in [1.29, 1.82) is 0 Å². The van der Waals surface area contributed by atoms with E-state index < -0.39 is 0 Å². The Kier molecular flexibility index (Phi) is 7.25. The Morgan fingerprint density at radius 2 is 2.07 bits per heavy atom. The molecule has 0 spiro atoms. The molecule has 0 aromatic heterocycles. The van der Waals surface area contributed by atoms with Crippen LogP contribution in [0.3, 0.4) is 0 Å². The second-order valence-corrected chi connectivity index (χ2v) is 3.61. The summed E-state index contributed by atoms with van der Waals surface area (Å²) in [4.78, 5) is 0. The Bertz CT molecular complexity index is 325. The van der Waals surface area contributed by atoms with Crippen molar-refractivity contribution >= 4 is 0 Å². The van der Waals surface area contributed by atoms with E-state index in [2.05, 4.69) is 63.2 Å². The zero-order chi connectivity index (χ0) is 10.4. The van der Waals surface area contributed by atoms with Crippen LogP contribution >= 0.6 is 0 Å². The van der Waals surface area contributed by atoms with Crippen LogP contribution in [0.1, 0.15) is 23.6 Å². The molecule has 0 saturated carbocycles. The Balaban J connectivity index is 0.000000245. The van der Waals surface area contributed by atoms with Gasteiger partial charge in [0.1, 0.15) is 0 Å². The van der Waals surface area contributed by atoms with Gasteiger partial charge in [0.25, 0.3) is 0 Å². The number of hydrogen-bond acceptors (Lipinski definition) is 0. The molecule has 0 bridgehead atoms. The van der Waals surface area contributed by atoms with Crippen molar-refractivity contribution in [1.82, 2.24) is 0 Å². The van der Waals surface area contributed by atoms with Crippen molar-refractivity contribution < 1.29 is 19.5 Å². The summed E-state index contributed by atoms with van der Waals surface area (Å²) in [5.41, 5.74) is 4.15. The monoisotopic (exact) mass is 288 g/mol. The van der Waals surface area contributed by atoms with Crippen LogP contribution in [0, 0.1) is 13.8 Å². The molecule has 0 aliphatic carbocycles. The van der Waals surface area contributed by atoms with Crippen molar-refractivity contribution in [2.24, 2.45) is 0 Å². The fourth-order valence-electron chi connectivity index (χ4n) is 1.37. The van der Waals surface area contributed by atoms with Gasteiger partial charge >= 0.3 is 19.5 Å². The maximum Gasteiger partial charge on any atom is 2.00 e. The van der Waals surface area contributed by atoms with E-state index in [1.807, 2.05) is 0 Å². The third-order valence-corrected chi connectivity index (χ3v) is 2.20. The molecule has 0 unspecified atom stereocenters. The number of rotatable bonds is 1. The van der Waals surface area contributed by atoms with Crippen LogP contribution in [0.4, 0.5) is 0 Å². The van der Waals surface area contributed by atoms with Gasteiger partial charge in [-0.05, 0) is 0 Å². The molecule has 0 aliphatic rings. The van der Waals surface area contributed by atoms with Crippen molar-refractivity contribution in [2.75, 3.05) is 0 Å². The fourth-order valence-corrected chi connectivity index (χ4v) is 1.37. The van der Waals surface area contributed by atoms with Crippen LogP contribution in [0.15, 0.2) is 42.5 Å². The maximum absolute atomic E-state index is 2.17. The summed E-state index contributed by atoms with van der Waals surface area (Å²) in [7, 11) is 0. The summed E-state index contributed by atoms with van der Waals surface area (Å²) in [5, 5.41) is 0. The quantitative estimate of drug-likeness (QED) is 0.549. The van der Waals surface area contributed by atoms with Crippen molar-refractivity contribution in [3.05, 3.63) is 59.2 Å². The summed E-state index contributed by atoms with van der Waals surface area (Å²) >= 11 is 0. The first-order valence-corrected chi connectivity index (χ1v) is 5.13. The molecule has 0 saturated heterocycles. The average molecular weight is 287 g/mol. The van der Waals surface area contributed by atoms with Gasteiger partial charge in [-0.15, -0.1) is 0 Å². The largest absolute Gasteiger partial charge is 2.00 e. The molecule has 0 fully saturated rings. The third-order valence-electron chi connectivity index (χ3n) is 2.20. The molecular weight excluding hydrogens is 269 g/mol. The predicted molar refractivity (Wildman–Crippen MR) is 62.9 cm³/mol. The standard InChI is InChI=1S/2C7H9.Ru/c1-6-3-4-7(2)5-6;1-2-7-5-3-4-6-7;/h3-5H,1-2H3;3-6H,2H2,1H3;/q2*-1;+2. The molecule has 0 heterocycles. The van der Waals surface area contributed by atoms with Gasteiger partial charge < -0.3 is 0 Å². The topological polar surface area (TPSA) is 0 Å². The molecule has 0 amide bonds. The number of hydrogen-bond donors (Lipinski definition) is 0. The van der Waals surface area contributed by atoms with Crippen LogP contribution in [-0.2, 0) is 25.9 Å². The second-order valence-electron chi connectivity index (χ2n) is 3.61. The van der Waals surface area contributed by atoms with Crippen LogP contribution in [-0.4, -0.2) is 0 Å². The van der Waals surface area contributed by atoms with Gasteiger partial charge in [-0.25, -0.2) is 23.8 Å². The zero-order valence-corrected chi connectivity index (χ0v) is 11.3. The Morgan fingerprint density at radius 3 is 2.27 bits per heavy atom. The molecular formula is C14H18Ru. The summed E-state index contributed by atoms with van der Waals surface area (Å²) in [6.45, 7) is 6.37. The third kappa shape index (κ3) is 5.69. The van der Waals surface area contributed by atoms with Crippen molar-refractivity contribution in [3.8, 4) is 0 Å². The molecule has 1 heteroatoms. The molecule has 0 N–H and O–H groups in total. The average Bonchev–Trinajstić information content (AvgIpc) is 2.78. The first-order valence-electron chi connectivity index (χ1n) is 5.13. The van der Waals surface area contributed by atoms with Gasteiger partial charge in [-0.3, -0.25) is 0 Å². The van der Waals surface area contributed by atoms with E-state index >= 15 is 0 Å². The molecule has 0 atom stereocenters. The molecule has 2 aromatic rings. The molecule has 82 valence electrons. The van der Waals surface area contributed by atoms with Gasteiger partial charge in [0, 0.05) is 0 Å². The number of aryl methyl sites for hydroxylation is 3. The van der Waals surface area contributed by atoms with Crippen LogP contribution < -0.4 is 0 Å². The van der Waals surface area contributed by atoms with Crippen molar-refractivity contribution in [3.63, 3.8) is 0 Å². The Morgan fingerprint density at radius 1 is 1.33 bits per heavy atom. The molecule has 15 heavy (non-hydrogen) atoms. The Labute approximate surface area is 106 Å². The molecule has 2 rings (SSSR count). The van der Waals surface area contributed by atoms with E-state index in [-0.39, 0.29) is 19.5 Å². The van der Waals surface area contributed by atoms with Crippen LogP contribution in [0.5, 0.6) is 0 Å². The minimum Gasteiger partial charge on any atom is -0.213 e. The summed E-state index contributed by atoms with van der Waals surface area (Å²) < 4.78 is 0. The summed E-state index contributed by atoms with van der Waals surface area (Å²) in [6.07, 6.45) is 1.16. The van der Waals surface area contributed by atoms with E-state index in [0.717, 1.165) is 6.42 Å². The van der Waals surface area contributed by atoms with Gasteiger partial charge in [0.05, 0.1) is 0 Å². The van der Waals surface area contributed by atoms with Crippen LogP contribution in [0.25, 0.3) is 0 Å². The van der Waals surface area contributed by atoms with Gasteiger partial charge in [0.2, 0.25) is 0 Å². The van der Waals surface area contributed by atoms with Gasteiger partial charge in [0.15, 0.2) is 0 Å². The second kappa shape index (κ2) is 7.59.